The van der Waals surface area contributed by atoms with Crippen molar-refractivity contribution in [2.75, 3.05) is 37.6 Å². The van der Waals surface area contributed by atoms with Gasteiger partial charge in [-0.2, -0.15) is 0 Å². The molecule has 0 unspecified atom stereocenters. The summed E-state index contributed by atoms with van der Waals surface area (Å²) >= 11 is 5.45. The molecule has 1 fully saturated rings. The van der Waals surface area contributed by atoms with Gasteiger partial charge in [0.05, 0.1) is 0 Å². The summed E-state index contributed by atoms with van der Waals surface area (Å²) in [5, 5.41) is 4.19. The Labute approximate surface area is 138 Å². The summed E-state index contributed by atoms with van der Waals surface area (Å²) in [6, 6.07) is 7.86. The Morgan fingerprint density at radius 2 is 1.77 bits per heavy atom. The summed E-state index contributed by atoms with van der Waals surface area (Å²) in [5.41, 5.74) is 1.94. The van der Waals surface area contributed by atoms with E-state index in [1.165, 1.54) is 5.69 Å². The van der Waals surface area contributed by atoms with E-state index in [-0.39, 0.29) is 5.78 Å². The van der Waals surface area contributed by atoms with Crippen LogP contribution in [0, 0.1) is 5.92 Å². The number of nitrogens with one attached hydrogen (secondary N) is 1. The minimum absolute atomic E-state index is 0.109. The number of rotatable bonds is 4. The average molecular weight is 319 g/mol. The predicted octanol–water partition coefficient (Wildman–Crippen LogP) is 2.54. The van der Waals surface area contributed by atoms with Crippen molar-refractivity contribution in [1.82, 2.24) is 10.2 Å². The van der Waals surface area contributed by atoms with E-state index < -0.39 is 0 Å². The fraction of sp³-hybridized carbons (Fsp3) is 0.529. The summed E-state index contributed by atoms with van der Waals surface area (Å²) in [5.74, 6) is 0.706. The van der Waals surface area contributed by atoms with Crippen LogP contribution in [0.5, 0.6) is 0 Å². The molecule has 0 saturated carbocycles. The molecule has 1 aromatic carbocycles. The van der Waals surface area contributed by atoms with Gasteiger partial charge in [0, 0.05) is 44.0 Å². The van der Waals surface area contributed by atoms with E-state index in [9.17, 15) is 4.79 Å². The molecule has 1 aliphatic heterocycles. The molecule has 2 rings (SSSR count). The first-order valence-electron chi connectivity index (χ1n) is 7.86. The molecule has 0 aliphatic carbocycles. The number of hydrogen-bond acceptors (Lipinski definition) is 3. The second-order valence-electron chi connectivity index (χ2n) is 6.16. The van der Waals surface area contributed by atoms with Crippen molar-refractivity contribution in [3.8, 4) is 0 Å². The van der Waals surface area contributed by atoms with E-state index in [1.807, 2.05) is 24.3 Å². The van der Waals surface area contributed by atoms with Crippen LogP contribution in [0.3, 0.4) is 0 Å². The van der Waals surface area contributed by atoms with E-state index in [1.54, 1.807) is 6.92 Å². The van der Waals surface area contributed by atoms with Gasteiger partial charge < -0.3 is 15.1 Å². The Hall–Kier alpha value is -1.62. The highest BCUT2D eigenvalue weighted by Gasteiger charge is 2.19. The van der Waals surface area contributed by atoms with Gasteiger partial charge in [0.15, 0.2) is 10.9 Å². The second-order valence-corrected chi connectivity index (χ2v) is 6.54. The lowest BCUT2D eigenvalue weighted by Gasteiger charge is -2.37. The van der Waals surface area contributed by atoms with E-state index in [2.05, 4.69) is 29.0 Å². The fourth-order valence-electron chi connectivity index (χ4n) is 2.48. The molecule has 0 aromatic heterocycles. The number of benzene rings is 1. The SMILES string of the molecule is CC(=O)c1ccc(N2CCN(C(=S)NCC(C)C)CC2)cc1. The van der Waals surface area contributed by atoms with Gasteiger partial charge in [-0.25, -0.2) is 0 Å². The number of ketones is 1. The van der Waals surface area contributed by atoms with Gasteiger partial charge in [0.25, 0.3) is 0 Å². The molecule has 1 saturated heterocycles. The number of hydrogen-bond donors (Lipinski definition) is 1. The lowest BCUT2D eigenvalue weighted by Crippen LogP contribution is -2.52. The van der Waals surface area contributed by atoms with Gasteiger partial charge in [0.1, 0.15) is 0 Å². The smallest absolute Gasteiger partial charge is 0.169 e. The van der Waals surface area contributed by atoms with Crippen molar-refractivity contribution in [3.63, 3.8) is 0 Å². The van der Waals surface area contributed by atoms with Crippen LogP contribution in [-0.4, -0.2) is 48.5 Å². The molecule has 4 nitrogen and oxygen atoms in total. The topological polar surface area (TPSA) is 35.6 Å². The van der Waals surface area contributed by atoms with Crippen LogP contribution in [0.4, 0.5) is 5.69 Å². The maximum atomic E-state index is 11.3. The molecule has 1 aliphatic rings. The van der Waals surface area contributed by atoms with Gasteiger partial charge in [-0.3, -0.25) is 4.79 Å². The zero-order chi connectivity index (χ0) is 16.1. The van der Waals surface area contributed by atoms with Gasteiger partial charge in [-0.15, -0.1) is 0 Å². The second kappa shape index (κ2) is 7.58. The highest BCUT2D eigenvalue weighted by Crippen LogP contribution is 2.17. The molecule has 1 N–H and O–H groups in total. The molecular formula is C17H25N3OS. The molecular weight excluding hydrogens is 294 g/mol. The third-order valence-corrected chi connectivity index (χ3v) is 4.27. The van der Waals surface area contributed by atoms with Crippen LogP contribution in [-0.2, 0) is 0 Å². The maximum absolute atomic E-state index is 11.3. The Balaban J connectivity index is 1.86. The molecule has 120 valence electrons. The monoisotopic (exact) mass is 319 g/mol. The highest BCUT2D eigenvalue weighted by atomic mass is 32.1. The fourth-order valence-corrected chi connectivity index (χ4v) is 2.74. The van der Waals surface area contributed by atoms with Crippen molar-refractivity contribution in [2.24, 2.45) is 5.92 Å². The zero-order valence-electron chi connectivity index (χ0n) is 13.6. The number of piperazine rings is 1. The lowest BCUT2D eigenvalue weighted by molar-refractivity contribution is 0.101. The quantitative estimate of drug-likeness (QED) is 0.682. The van der Waals surface area contributed by atoms with Crippen LogP contribution >= 0.6 is 12.2 Å². The maximum Gasteiger partial charge on any atom is 0.169 e. The summed E-state index contributed by atoms with van der Waals surface area (Å²) in [7, 11) is 0. The number of nitrogens with zero attached hydrogens (tertiary/aromatic N) is 2. The Bertz CT molecular complexity index is 519. The molecule has 1 heterocycles. The van der Waals surface area contributed by atoms with Gasteiger partial charge >= 0.3 is 0 Å². The predicted molar refractivity (Wildman–Crippen MR) is 95.7 cm³/mol. The number of thiocarbonyl (C=S) groups is 1. The Morgan fingerprint density at radius 3 is 2.27 bits per heavy atom. The van der Waals surface area contributed by atoms with Crippen LogP contribution < -0.4 is 10.2 Å². The normalized spacial score (nSPS) is 15.1. The van der Waals surface area contributed by atoms with E-state index in [0.717, 1.165) is 43.4 Å². The van der Waals surface area contributed by atoms with Gasteiger partial charge in [0.2, 0.25) is 0 Å². The minimum atomic E-state index is 0.109. The molecule has 0 bridgehead atoms. The Morgan fingerprint density at radius 1 is 1.18 bits per heavy atom. The number of carbonyl (C=O) groups excluding carboxylic acids is 1. The van der Waals surface area contributed by atoms with Crippen molar-refractivity contribution in [3.05, 3.63) is 29.8 Å². The molecule has 0 atom stereocenters. The molecule has 0 spiro atoms. The molecule has 0 radical (unpaired) electrons. The number of Topliss-reactive ketones (excluding diaryl/α,β-unsaturated/α-hetero) is 1. The summed E-state index contributed by atoms with van der Waals surface area (Å²) in [6.07, 6.45) is 0. The number of anilines is 1. The molecule has 5 heteroatoms. The standard InChI is InChI=1S/C17H25N3OS/c1-13(2)12-18-17(22)20-10-8-19(9-11-20)16-6-4-15(5-7-16)14(3)21/h4-7,13H,8-12H2,1-3H3,(H,18,22). The molecule has 0 amide bonds. The molecule has 1 aromatic rings. The molecule has 22 heavy (non-hydrogen) atoms. The van der Waals surface area contributed by atoms with Crippen molar-refractivity contribution < 1.29 is 4.79 Å². The van der Waals surface area contributed by atoms with E-state index >= 15 is 0 Å². The zero-order valence-corrected chi connectivity index (χ0v) is 14.4. The van der Waals surface area contributed by atoms with Gasteiger partial charge in [-0.1, -0.05) is 13.8 Å². The first-order chi connectivity index (χ1) is 10.5. The lowest BCUT2D eigenvalue weighted by atomic mass is 10.1. The summed E-state index contributed by atoms with van der Waals surface area (Å²) in [4.78, 5) is 15.9. The Kier molecular flexibility index (Phi) is 5.77. The van der Waals surface area contributed by atoms with Crippen LogP contribution in [0.1, 0.15) is 31.1 Å². The first-order valence-corrected chi connectivity index (χ1v) is 8.27. The summed E-state index contributed by atoms with van der Waals surface area (Å²) in [6.45, 7) is 10.6. The van der Waals surface area contributed by atoms with Crippen LogP contribution in [0.2, 0.25) is 0 Å². The van der Waals surface area contributed by atoms with E-state index in [0.29, 0.717) is 5.92 Å². The largest absolute Gasteiger partial charge is 0.368 e. The van der Waals surface area contributed by atoms with Crippen molar-refractivity contribution in [2.45, 2.75) is 20.8 Å². The van der Waals surface area contributed by atoms with Crippen LogP contribution in [0.15, 0.2) is 24.3 Å². The van der Waals surface area contributed by atoms with Crippen molar-refractivity contribution in [1.29, 1.82) is 0 Å². The summed E-state index contributed by atoms with van der Waals surface area (Å²) < 4.78 is 0. The van der Waals surface area contributed by atoms with E-state index in [4.69, 9.17) is 12.2 Å². The third-order valence-electron chi connectivity index (χ3n) is 3.87. The third kappa shape index (κ3) is 4.44. The average Bonchev–Trinajstić information content (AvgIpc) is 2.53. The van der Waals surface area contributed by atoms with Gasteiger partial charge in [-0.05, 0) is 49.3 Å². The van der Waals surface area contributed by atoms with Crippen molar-refractivity contribution >= 4 is 28.8 Å². The highest BCUT2D eigenvalue weighted by molar-refractivity contribution is 7.80. The first kappa shape index (κ1) is 16.7. The number of carbonyl (C=O) groups is 1. The minimum Gasteiger partial charge on any atom is -0.368 e. The van der Waals surface area contributed by atoms with Crippen LogP contribution in [0.25, 0.3) is 0 Å².